The summed E-state index contributed by atoms with van der Waals surface area (Å²) in [5.74, 6) is 0.00257. The average Bonchev–Trinajstić information content (AvgIpc) is 3.49. The SMILES string of the molecule is C[C@H](CC(=O)NCCn1ncc(-c2ccccn2)c1-c1cccs1)n1cccn1. The van der Waals surface area contributed by atoms with Crippen LogP contribution in [0, 0.1) is 0 Å². The number of carbonyl (C=O) groups is 1. The Morgan fingerprint density at radius 1 is 1.17 bits per heavy atom. The molecule has 1 amide bonds. The van der Waals surface area contributed by atoms with E-state index < -0.39 is 0 Å². The van der Waals surface area contributed by atoms with Gasteiger partial charge >= 0.3 is 0 Å². The molecule has 0 aliphatic carbocycles. The van der Waals surface area contributed by atoms with Crippen molar-refractivity contribution in [2.45, 2.75) is 25.9 Å². The molecule has 0 aliphatic rings. The number of thiophene rings is 1. The van der Waals surface area contributed by atoms with E-state index in [9.17, 15) is 4.79 Å². The number of nitrogens with one attached hydrogen (secondary N) is 1. The molecule has 1 N–H and O–H groups in total. The molecule has 0 fully saturated rings. The molecule has 8 heteroatoms. The van der Waals surface area contributed by atoms with Crippen LogP contribution < -0.4 is 5.32 Å². The highest BCUT2D eigenvalue weighted by atomic mass is 32.1. The number of pyridine rings is 1. The lowest BCUT2D eigenvalue weighted by Gasteiger charge is -2.13. The molecule has 0 saturated carbocycles. The molecular formula is C21H22N6OS. The molecule has 29 heavy (non-hydrogen) atoms. The smallest absolute Gasteiger partial charge is 0.222 e. The molecule has 0 aliphatic heterocycles. The van der Waals surface area contributed by atoms with E-state index in [0.717, 1.165) is 21.8 Å². The van der Waals surface area contributed by atoms with Crippen LogP contribution in [-0.4, -0.2) is 37.0 Å². The fourth-order valence-corrected chi connectivity index (χ4v) is 4.00. The first kappa shape index (κ1) is 19.1. The second-order valence-electron chi connectivity index (χ2n) is 6.71. The standard InChI is InChI=1S/C21H22N6OS/c1-16(26-11-5-9-24-26)14-20(28)23-10-12-27-21(19-7-4-13-29-19)17(15-25-27)18-6-2-3-8-22-18/h2-9,11,13,15-16H,10,12,14H2,1H3,(H,23,28)/t16-/m1/s1. The Morgan fingerprint density at radius 2 is 2.10 bits per heavy atom. The van der Waals surface area contributed by atoms with E-state index in [4.69, 9.17) is 0 Å². The quantitative estimate of drug-likeness (QED) is 0.485. The zero-order chi connectivity index (χ0) is 20.1. The van der Waals surface area contributed by atoms with Crippen molar-refractivity contribution in [3.05, 3.63) is 66.6 Å². The minimum absolute atomic E-state index is 0.00257. The molecule has 4 aromatic heterocycles. The maximum absolute atomic E-state index is 12.3. The molecule has 1 atom stereocenters. The molecule has 0 radical (unpaired) electrons. The summed E-state index contributed by atoms with van der Waals surface area (Å²) >= 11 is 1.66. The molecule has 0 spiro atoms. The topological polar surface area (TPSA) is 77.6 Å². The highest BCUT2D eigenvalue weighted by Crippen LogP contribution is 2.33. The van der Waals surface area contributed by atoms with Crippen molar-refractivity contribution in [2.75, 3.05) is 6.54 Å². The van der Waals surface area contributed by atoms with Crippen LogP contribution in [0.1, 0.15) is 19.4 Å². The van der Waals surface area contributed by atoms with Crippen molar-refractivity contribution in [2.24, 2.45) is 0 Å². The van der Waals surface area contributed by atoms with Gasteiger partial charge in [0.05, 0.1) is 35.0 Å². The van der Waals surface area contributed by atoms with Gasteiger partial charge in [-0.25, -0.2) is 0 Å². The van der Waals surface area contributed by atoms with Crippen LogP contribution in [0.15, 0.2) is 66.6 Å². The summed E-state index contributed by atoms with van der Waals surface area (Å²) in [4.78, 5) is 17.9. The van der Waals surface area contributed by atoms with Gasteiger partial charge in [-0.3, -0.25) is 19.1 Å². The molecule has 4 aromatic rings. The number of aromatic nitrogens is 5. The predicted molar refractivity (Wildman–Crippen MR) is 113 cm³/mol. The van der Waals surface area contributed by atoms with E-state index in [-0.39, 0.29) is 11.9 Å². The number of amides is 1. The van der Waals surface area contributed by atoms with Crippen molar-refractivity contribution >= 4 is 17.2 Å². The Bertz CT molecular complexity index is 1040. The highest BCUT2D eigenvalue weighted by molar-refractivity contribution is 7.13. The van der Waals surface area contributed by atoms with E-state index >= 15 is 0 Å². The minimum Gasteiger partial charge on any atom is -0.354 e. The molecule has 7 nitrogen and oxygen atoms in total. The van der Waals surface area contributed by atoms with Gasteiger partial charge in [0.2, 0.25) is 5.91 Å². The summed E-state index contributed by atoms with van der Waals surface area (Å²) in [6, 6.07) is 11.8. The van der Waals surface area contributed by atoms with Gasteiger partial charge in [-0.1, -0.05) is 12.1 Å². The van der Waals surface area contributed by atoms with E-state index in [1.807, 2.05) is 59.7 Å². The predicted octanol–water partition coefficient (Wildman–Crippen LogP) is 3.64. The zero-order valence-corrected chi connectivity index (χ0v) is 16.9. The number of carbonyl (C=O) groups excluding carboxylic acids is 1. The van der Waals surface area contributed by atoms with Gasteiger partial charge in [0.25, 0.3) is 0 Å². The fraction of sp³-hybridized carbons (Fsp3) is 0.238. The van der Waals surface area contributed by atoms with E-state index in [1.54, 1.807) is 28.4 Å². The summed E-state index contributed by atoms with van der Waals surface area (Å²) in [7, 11) is 0. The van der Waals surface area contributed by atoms with Crippen molar-refractivity contribution in [3.8, 4) is 21.8 Å². The molecular weight excluding hydrogens is 384 g/mol. The number of nitrogens with zero attached hydrogens (tertiary/aromatic N) is 5. The Morgan fingerprint density at radius 3 is 2.83 bits per heavy atom. The third-order valence-corrected chi connectivity index (χ3v) is 5.51. The van der Waals surface area contributed by atoms with Gasteiger partial charge in [0.15, 0.2) is 0 Å². The van der Waals surface area contributed by atoms with Crippen LogP contribution in [0.4, 0.5) is 0 Å². The lowest BCUT2D eigenvalue weighted by atomic mass is 10.1. The van der Waals surface area contributed by atoms with E-state index in [1.165, 1.54) is 0 Å². The summed E-state index contributed by atoms with van der Waals surface area (Å²) in [6.07, 6.45) is 7.61. The number of hydrogen-bond acceptors (Lipinski definition) is 5. The van der Waals surface area contributed by atoms with Crippen LogP contribution >= 0.6 is 11.3 Å². The Kier molecular flexibility index (Phi) is 5.81. The van der Waals surface area contributed by atoms with Gasteiger partial charge in [0.1, 0.15) is 0 Å². The van der Waals surface area contributed by atoms with Gasteiger partial charge in [-0.2, -0.15) is 10.2 Å². The largest absolute Gasteiger partial charge is 0.354 e. The average molecular weight is 407 g/mol. The summed E-state index contributed by atoms with van der Waals surface area (Å²) < 4.78 is 3.73. The van der Waals surface area contributed by atoms with Gasteiger partial charge < -0.3 is 5.32 Å². The molecule has 4 heterocycles. The van der Waals surface area contributed by atoms with Crippen molar-refractivity contribution in [1.82, 2.24) is 29.9 Å². The minimum atomic E-state index is 0.00257. The molecule has 0 bridgehead atoms. The summed E-state index contributed by atoms with van der Waals surface area (Å²) in [6.45, 7) is 3.07. The molecule has 4 rings (SSSR count). The Hall–Kier alpha value is -3.26. The Labute approximate surface area is 173 Å². The van der Waals surface area contributed by atoms with Gasteiger partial charge in [0, 0.05) is 37.1 Å². The molecule has 0 aromatic carbocycles. The number of hydrogen-bond donors (Lipinski definition) is 1. The van der Waals surface area contributed by atoms with E-state index in [0.29, 0.717) is 19.5 Å². The van der Waals surface area contributed by atoms with E-state index in [2.05, 4.69) is 26.6 Å². The van der Waals surface area contributed by atoms with Crippen molar-refractivity contribution in [3.63, 3.8) is 0 Å². The summed E-state index contributed by atoms with van der Waals surface area (Å²) in [5, 5.41) is 13.8. The second kappa shape index (κ2) is 8.83. The first-order valence-electron chi connectivity index (χ1n) is 9.49. The third-order valence-electron chi connectivity index (χ3n) is 4.64. The molecule has 0 saturated heterocycles. The zero-order valence-electron chi connectivity index (χ0n) is 16.1. The van der Waals surface area contributed by atoms with Crippen LogP contribution in [0.2, 0.25) is 0 Å². The van der Waals surface area contributed by atoms with Gasteiger partial charge in [-0.05, 0) is 36.6 Å². The third kappa shape index (κ3) is 4.43. The first-order valence-corrected chi connectivity index (χ1v) is 10.4. The Balaban J connectivity index is 1.44. The second-order valence-corrected chi connectivity index (χ2v) is 7.66. The number of rotatable bonds is 8. The maximum atomic E-state index is 12.3. The molecule has 148 valence electrons. The molecule has 0 unspecified atom stereocenters. The fourth-order valence-electron chi connectivity index (χ4n) is 3.21. The van der Waals surface area contributed by atoms with Crippen LogP contribution in [0.5, 0.6) is 0 Å². The first-order chi connectivity index (χ1) is 14.2. The van der Waals surface area contributed by atoms with Crippen LogP contribution in [-0.2, 0) is 11.3 Å². The highest BCUT2D eigenvalue weighted by Gasteiger charge is 2.17. The van der Waals surface area contributed by atoms with Crippen molar-refractivity contribution in [1.29, 1.82) is 0 Å². The van der Waals surface area contributed by atoms with Crippen LogP contribution in [0.25, 0.3) is 21.8 Å². The summed E-state index contributed by atoms with van der Waals surface area (Å²) in [5.41, 5.74) is 2.91. The lowest BCUT2D eigenvalue weighted by molar-refractivity contribution is -0.121. The normalized spacial score (nSPS) is 12.0. The maximum Gasteiger partial charge on any atom is 0.222 e. The lowest BCUT2D eigenvalue weighted by Crippen LogP contribution is -2.29. The monoisotopic (exact) mass is 406 g/mol. The van der Waals surface area contributed by atoms with Crippen molar-refractivity contribution < 1.29 is 4.79 Å². The van der Waals surface area contributed by atoms with Gasteiger partial charge in [-0.15, -0.1) is 11.3 Å². The van der Waals surface area contributed by atoms with Crippen LogP contribution in [0.3, 0.4) is 0 Å².